The minimum atomic E-state index is -0.840. The van der Waals surface area contributed by atoms with Crippen LogP contribution in [0.25, 0.3) is 0 Å². The summed E-state index contributed by atoms with van der Waals surface area (Å²) in [6.07, 6.45) is 6.48. The predicted octanol–water partition coefficient (Wildman–Crippen LogP) is 2.52. The first kappa shape index (κ1) is 13.0. The number of hydrogen-bond acceptors (Lipinski definition) is 2. The molecular weight excluding hydrogens is 208 g/mol. The van der Waals surface area contributed by atoms with Crippen molar-refractivity contribution in [2.75, 3.05) is 0 Å². The Labute approximate surface area is 95.7 Å². The SMILES string of the molecule is O=C(O)CCCC(C(=O)O)C1CCCCC1. The summed E-state index contributed by atoms with van der Waals surface area (Å²) in [5.41, 5.74) is 0. The summed E-state index contributed by atoms with van der Waals surface area (Å²) >= 11 is 0. The second-order valence-electron chi connectivity index (χ2n) is 4.63. The van der Waals surface area contributed by atoms with Crippen LogP contribution < -0.4 is 0 Å². The minimum Gasteiger partial charge on any atom is -0.481 e. The highest BCUT2D eigenvalue weighted by atomic mass is 16.4. The van der Waals surface area contributed by atoms with E-state index in [4.69, 9.17) is 10.2 Å². The fourth-order valence-electron chi connectivity index (χ4n) is 2.57. The van der Waals surface area contributed by atoms with Crippen molar-refractivity contribution in [2.24, 2.45) is 11.8 Å². The van der Waals surface area contributed by atoms with Gasteiger partial charge in [0.05, 0.1) is 5.92 Å². The molecule has 4 nitrogen and oxygen atoms in total. The van der Waals surface area contributed by atoms with Gasteiger partial charge in [-0.25, -0.2) is 0 Å². The highest BCUT2D eigenvalue weighted by molar-refractivity contribution is 5.70. The maximum atomic E-state index is 11.1. The highest BCUT2D eigenvalue weighted by Gasteiger charge is 2.28. The van der Waals surface area contributed by atoms with Gasteiger partial charge in [-0.05, 0) is 31.6 Å². The Kier molecular flexibility index (Phi) is 5.29. The first-order chi connectivity index (χ1) is 7.61. The Balaban J connectivity index is 2.40. The predicted molar refractivity (Wildman–Crippen MR) is 59.2 cm³/mol. The van der Waals surface area contributed by atoms with Crippen LogP contribution >= 0.6 is 0 Å². The van der Waals surface area contributed by atoms with Crippen molar-refractivity contribution in [2.45, 2.75) is 51.4 Å². The summed E-state index contributed by atoms with van der Waals surface area (Å²) in [5, 5.41) is 17.7. The van der Waals surface area contributed by atoms with Gasteiger partial charge < -0.3 is 10.2 Å². The van der Waals surface area contributed by atoms with Gasteiger partial charge in [0.2, 0.25) is 0 Å². The monoisotopic (exact) mass is 228 g/mol. The molecule has 1 saturated carbocycles. The molecule has 0 aromatic carbocycles. The molecule has 0 bridgehead atoms. The molecule has 1 atom stereocenters. The molecule has 1 aliphatic rings. The maximum absolute atomic E-state index is 11.1. The van der Waals surface area contributed by atoms with Crippen LogP contribution in [-0.4, -0.2) is 22.2 Å². The quantitative estimate of drug-likeness (QED) is 0.732. The molecule has 0 amide bonds. The zero-order chi connectivity index (χ0) is 12.0. The lowest BCUT2D eigenvalue weighted by atomic mass is 9.78. The zero-order valence-electron chi connectivity index (χ0n) is 9.52. The molecule has 2 N–H and O–H groups in total. The zero-order valence-corrected chi connectivity index (χ0v) is 9.52. The van der Waals surface area contributed by atoms with Gasteiger partial charge in [-0.2, -0.15) is 0 Å². The Morgan fingerprint density at radius 3 is 2.25 bits per heavy atom. The van der Waals surface area contributed by atoms with E-state index in [0.29, 0.717) is 12.8 Å². The van der Waals surface area contributed by atoms with E-state index in [0.717, 1.165) is 25.7 Å². The molecule has 4 heteroatoms. The summed E-state index contributed by atoms with van der Waals surface area (Å²) < 4.78 is 0. The van der Waals surface area contributed by atoms with Crippen molar-refractivity contribution < 1.29 is 19.8 Å². The van der Waals surface area contributed by atoms with Crippen molar-refractivity contribution in [1.29, 1.82) is 0 Å². The van der Waals surface area contributed by atoms with Crippen LogP contribution in [-0.2, 0) is 9.59 Å². The number of carboxylic acid groups (broad SMARTS) is 2. The molecule has 1 unspecified atom stereocenters. The van der Waals surface area contributed by atoms with Crippen LogP contribution in [0.5, 0.6) is 0 Å². The van der Waals surface area contributed by atoms with Crippen molar-refractivity contribution in [3.8, 4) is 0 Å². The van der Waals surface area contributed by atoms with E-state index < -0.39 is 11.9 Å². The molecule has 0 aliphatic heterocycles. The third-order valence-electron chi connectivity index (χ3n) is 3.44. The van der Waals surface area contributed by atoms with E-state index in [1.807, 2.05) is 0 Å². The molecule has 16 heavy (non-hydrogen) atoms. The average Bonchev–Trinajstić information content (AvgIpc) is 2.25. The van der Waals surface area contributed by atoms with E-state index >= 15 is 0 Å². The minimum absolute atomic E-state index is 0.0799. The second-order valence-corrected chi connectivity index (χ2v) is 4.63. The van der Waals surface area contributed by atoms with Gasteiger partial charge in [-0.3, -0.25) is 9.59 Å². The van der Waals surface area contributed by atoms with Gasteiger partial charge in [0.25, 0.3) is 0 Å². The molecule has 1 aliphatic carbocycles. The van der Waals surface area contributed by atoms with Crippen molar-refractivity contribution in [3.05, 3.63) is 0 Å². The van der Waals surface area contributed by atoms with Gasteiger partial charge in [-0.1, -0.05) is 19.3 Å². The molecule has 0 heterocycles. The highest BCUT2D eigenvalue weighted by Crippen LogP contribution is 2.32. The van der Waals surface area contributed by atoms with E-state index in [9.17, 15) is 9.59 Å². The average molecular weight is 228 g/mol. The lowest BCUT2D eigenvalue weighted by molar-refractivity contribution is -0.145. The number of aliphatic carboxylic acids is 2. The maximum Gasteiger partial charge on any atom is 0.306 e. The Hall–Kier alpha value is -1.06. The molecular formula is C12H20O4. The van der Waals surface area contributed by atoms with E-state index in [2.05, 4.69) is 0 Å². The molecule has 0 spiro atoms. The first-order valence-corrected chi connectivity index (χ1v) is 6.06. The molecule has 0 radical (unpaired) electrons. The lowest BCUT2D eigenvalue weighted by Crippen LogP contribution is -2.25. The molecule has 0 saturated heterocycles. The molecule has 0 aromatic rings. The van der Waals surface area contributed by atoms with Gasteiger partial charge in [-0.15, -0.1) is 0 Å². The van der Waals surface area contributed by atoms with E-state index in [1.165, 1.54) is 6.42 Å². The second kappa shape index (κ2) is 6.51. The van der Waals surface area contributed by atoms with Gasteiger partial charge >= 0.3 is 11.9 Å². The summed E-state index contributed by atoms with van der Waals surface area (Å²) in [7, 11) is 0. The van der Waals surface area contributed by atoms with Crippen LogP contribution in [0, 0.1) is 11.8 Å². The van der Waals surface area contributed by atoms with Crippen LogP contribution in [0.1, 0.15) is 51.4 Å². The topological polar surface area (TPSA) is 74.6 Å². The van der Waals surface area contributed by atoms with E-state index in [-0.39, 0.29) is 18.3 Å². The molecule has 0 aromatic heterocycles. The lowest BCUT2D eigenvalue weighted by Gasteiger charge is -2.27. The van der Waals surface area contributed by atoms with Crippen molar-refractivity contribution >= 4 is 11.9 Å². The number of hydrogen-bond donors (Lipinski definition) is 2. The van der Waals surface area contributed by atoms with Gasteiger partial charge in [0, 0.05) is 6.42 Å². The molecule has 92 valence electrons. The Morgan fingerprint density at radius 1 is 1.12 bits per heavy atom. The normalized spacial score (nSPS) is 19.2. The van der Waals surface area contributed by atoms with Crippen LogP contribution in [0.15, 0.2) is 0 Å². The fourth-order valence-corrected chi connectivity index (χ4v) is 2.57. The van der Waals surface area contributed by atoms with Crippen molar-refractivity contribution in [1.82, 2.24) is 0 Å². The van der Waals surface area contributed by atoms with Crippen molar-refractivity contribution in [3.63, 3.8) is 0 Å². The summed E-state index contributed by atoms with van der Waals surface area (Å²) in [5.74, 6) is -1.66. The fraction of sp³-hybridized carbons (Fsp3) is 0.833. The number of rotatable bonds is 6. The van der Waals surface area contributed by atoms with Gasteiger partial charge in [0.15, 0.2) is 0 Å². The largest absolute Gasteiger partial charge is 0.481 e. The van der Waals surface area contributed by atoms with Crippen LogP contribution in [0.4, 0.5) is 0 Å². The Bertz CT molecular complexity index is 243. The standard InChI is InChI=1S/C12H20O4/c13-11(14)8-4-7-10(12(15)16)9-5-2-1-3-6-9/h9-10H,1-8H2,(H,13,14)(H,15,16). The van der Waals surface area contributed by atoms with Gasteiger partial charge in [0.1, 0.15) is 0 Å². The molecule has 1 fully saturated rings. The third kappa shape index (κ3) is 4.21. The Morgan fingerprint density at radius 2 is 1.75 bits per heavy atom. The summed E-state index contributed by atoms with van der Waals surface area (Å²) in [4.78, 5) is 21.5. The van der Waals surface area contributed by atoms with Crippen LogP contribution in [0.3, 0.4) is 0 Å². The van der Waals surface area contributed by atoms with E-state index in [1.54, 1.807) is 0 Å². The van der Waals surface area contributed by atoms with Crippen LogP contribution in [0.2, 0.25) is 0 Å². The number of carboxylic acids is 2. The smallest absolute Gasteiger partial charge is 0.306 e. The molecule has 1 rings (SSSR count). The number of carbonyl (C=O) groups is 2. The first-order valence-electron chi connectivity index (χ1n) is 6.06. The third-order valence-corrected chi connectivity index (χ3v) is 3.44. The summed E-state index contributed by atoms with van der Waals surface area (Å²) in [6.45, 7) is 0. The summed E-state index contributed by atoms with van der Waals surface area (Å²) in [6, 6.07) is 0.